The lowest BCUT2D eigenvalue weighted by Crippen LogP contribution is -2.26. The number of carbonyl (C=O) groups excluding carboxylic acids is 1. The number of anilines is 1. The Kier molecular flexibility index (Phi) is 3.44. The Bertz CT molecular complexity index is 372. The highest BCUT2D eigenvalue weighted by Crippen LogP contribution is 2.21. The number of para-hydroxylation sites is 1. The average Bonchev–Trinajstić information content (AvgIpc) is 3.10. The maximum absolute atomic E-state index is 11.9. The fourth-order valence-electron chi connectivity index (χ4n) is 1.59. The van der Waals surface area contributed by atoms with Gasteiger partial charge in [-0.05, 0) is 31.4 Å². The van der Waals surface area contributed by atoms with Crippen molar-refractivity contribution in [2.24, 2.45) is 0 Å². The summed E-state index contributed by atoms with van der Waals surface area (Å²) in [6.45, 7) is 3.01. The zero-order valence-electron chi connectivity index (χ0n) is 9.62. The number of amides is 1. The van der Waals surface area contributed by atoms with Crippen molar-refractivity contribution in [1.29, 1.82) is 0 Å². The molecule has 0 radical (unpaired) electrons. The highest BCUT2D eigenvalue weighted by molar-refractivity contribution is 5.99. The molecule has 0 heterocycles. The molecule has 1 aromatic rings. The summed E-state index contributed by atoms with van der Waals surface area (Å²) in [4.78, 5) is 11.9. The van der Waals surface area contributed by atoms with Crippen LogP contribution < -0.4 is 10.6 Å². The van der Waals surface area contributed by atoms with Gasteiger partial charge in [0, 0.05) is 18.3 Å². The van der Waals surface area contributed by atoms with Gasteiger partial charge in [-0.3, -0.25) is 4.79 Å². The van der Waals surface area contributed by atoms with E-state index in [1.807, 2.05) is 24.3 Å². The molecule has 0 aliphatic heterocycles. The third-order valence-electron chi connectivity index (χ3n) is 2.65. The lowest BCUT2D eigenvalue weighted by molar-refractivity contribution is 0.0952. The summed E-state index contributed by atoms with van der Waals surface area (Å²) in [5.74, 6) is 0.0432. The quantitative estimate of drug-likeness (QED) is 0.796. The molecular formula is C13H18N2O. The van der Waals surface area contributed by atoms with Crippen LogP contribution in [0.25, 0.3) is 0 Å². The number of carbonyl (C=O) groups is 1. The van der Waals surface area contributed by atoms with Crippen molar-refractivity contribution in [3.8, 4) is 0 Å². The van der Waals surface area contributed by atoms with E-state index in [9.17, 15) is 4.79 Å². The van der Waals surface area contributed by atoms with Gasteiger partial charge in [0.1, 0.15) is 0 Å². The fraction of sp³-hybridized carbons (Fsp3) is 0.462. The van der Waals surface area contributed by atoms with Crippen LogP contribution in [0.15, 0.2) is 24.3 Å². The van der Waals surface area contributed by atoms with Gasteiger partial charge in [0.2, 0.25) is 0 Å². The molecule has 1 saturated carbocycles. The van der Waals surface area contributed by atoms with Gasteiger partial charge < -0.3 is 10.6 Å². The molecule has 1 fully saturated rings. The van der Waals surface area contributed by atoms with E-state index in [1.54, 1.807) is 0 Å². The van der Waals surface area contributed by atoms with Crippen LogP contribution in [0.5, 0.6) is 0 Å². The van der Waals surface area contributed by atoms with Crippen LogP contribution in [0.3, 0.4) is 0 Å². The minimum Gasteiger partial charge on any atom is -0.384 e. The Labute approximate surface area is 96.2 Å². The molecule has 0 aromatic heterocycles. The van der Waals surface area contributed by atoms with E-state index >= 15 is 0 Å². The van der Waals surface area contributed by atoms with Gasteiger partial charge >= 0.3 is 0 Å². The first-order valence-electron chi connectivity index (χ1n) is 5.95. The third kappa shape index (κ3) is 2.75. The van der Waals surface area contributed by atoms with E-state index in [0.717, 1.165) is 37.1 Å². The smallest absolute Gasteiger partial charge is 0.253 e. The number of hydrogen-bond acceptors (Lipinski definition) is 2. The highest BCUT2D eigenvalue weighted by atomic mass is 16.1. The summed E-state index contributed by atoms with van der Waals surface area (Å²) in [7, 11) is 0. The molecule has 1 aromatic carbocycles. The van der Waals surface area contributed by atoms with Crippen molar-refractivity contribution in [2.75, 3.05) is 11.9 Å². The van der Waals surface area contributed by atoms with Crippen molar-refractivity contribution in [1.82, 2.24) is 5.32 Å². The van der Waals surface area contributed by atoms with Crippen LogP contribution in [0.2, 0.25) is 0 Å². The van der Waals surface area contributed by atoms with Crippen LogP contribution in [-0.4, -0.2) is 18.5 Å². The molecule has 3 nitrogen and oxygen atoms in total. The summed E-state index contributed by atoms with van der Waals surface area (Å²) >= 11 is 0. The van der Waals surface area contributed by atoms with Gasteiger partial charge in [0.05, 0.1) is 5.56 Å². The second-order valence-electron chi connectivity index (χ2n) is 4.22. The van der Waals surface area contributed by atoms with E-state index in [1.165, 1.54) is 0 Å². The molecule has 2 N–H and O–H groups in total. The molecule has 0 spiro atoms. The van der Waals surface area contributed by atoms with Gasteiger partial charge in [-0.1, -0.05) is 19.1 Å². The van der Waals surface area contributed by atoms with Crippen molar-refractivity contribution in [3.63, 3.8) is 0 Å². The van der Waals surface area contributed by atoms with Crippen LogP contribution in [0.4, 0.5) is 5.69 Å². The van der Waals surface area contributed by atoms with Crippen LogP contribution in [-0.2, 0) is 0 Å². The van der Waals surface area contributed by atoms with E-state index in [-0.39, 0.29) is 5.91 Å². The molecule has 1 aliphatic rings. The first-order chi connectivity index (χ1) is 7.81. The normalized spacial score (nSPS) is 14.6. The standard InChI is InChI=1S/C13H18N2O/c1-2-9-14-12-6-4-3-5-11(12)13(16)15-10-7-8-10/h3-6,10,14H,2,7-9H2,1H3,(H,15,16). The monoisotopic (exact) mass is 218 g/mol. The Morgan fingerprint density at radius 3 is 2.81 bits per heavy atom. The van der Waals surface area contributed by atoms with Crippen LogP contribution >= 0.6 is 0 Å². The summed E-state index contributed by atoms with van der Waals surface area (Å²) in [5.41, 5.74) is 1.69. The minimum atomic E-state index is 0.0432. The third-order valence-corrected chi connectivity index (χ3v) is 2.65. The van der Waals surface area contributed by atoms with Crippen molar-refractivity contribution >= 4 is 11.6 Å². The average molecular weight is 218 g/mol. The molecule has 0 unspecified atom stereocenters. The molecule has 0 atom stereocenters. The fourth-order valence-corrected chi connectivity index (χ4v) is 1.59. The van der Waals surface area contributed by atoms with E-state index in [0.29, 0.717) is 6.04 Å². The van der Waals surface area contributed by atoms with E-state index < -0.39 is 0 Å². The molecular weight excluding hydrogens is 200 g/mol. The SMILES string of the molecule is CCCNc1ccccc1C(=O)NC1CC1. The van der Waals surface area contributed by atoms with Crippen molar-refractivity contribution in [2.45, 2.75) is 32.2 Å². The number of hydrogen-bond donors (Lipinski definition) is 2. The maximum Gasteiger partial charge on any atom is 0.253 e. The first kappa shape index (κ1) is 11.0. The summed E-state index contributed by atoms with van der Waals surface area (Å²) in [6, 6.07) is 8.09. The maximum atomic E-state index is 11.9. The van der Waals surface area contributed by atoms with Crippen molar-refractivity contribution in [3.05, 3.63) is 29.8 Å². The van der Waals surface area contributed by atoms with Crippen molar-refractivity contribution < 1.29 is 4.79 Å². The number of benzene rings is 1. The topological polar surface area (TPSA) is 41.1 Å². The molecule has 1 amide bonds. The zero-order chi connectivity index (χ0) is 11.4. The Hall–Kier alpha value is -1.51. The second-order valence-corrected chi connectivity index (χ2v) is 4.22. The largest absolute Gasteiger partial charge is 0.384 e. The Morgan fingerprint density at radius 2 is 2.12 bits per heavy atom. The van der Waals surface area contributed by atoms with Gasteiger partial charge in [0.15, 0.2) is 0 Å². The lowest BCUT2D eigenvalue weighted by Gasteiger charge is -2.11. The number of rotatable bonds is 5. The Balaban J connectivity index is 2.07. The van der Waals surface area contributed by atoms with E-state index in [2.05, 4.69) is 17.6 Å². The van der Waals surface area contributed by atoms with Gasteiger partial charge in [-0.25, -0.2) is 0 Å². The van der Waals surface area contributed by atoms with Gasteiger partial charge in [-0.2, -0.15) is 0 Å². The van der Waals surface area contributed by atoms with E-state index in [4.69, 9.17) is 0 Å². The number of nitrogens with one attached hydrogen (secondary N) is 2. The van der Waals surface area contributed by atoms with Gasteiger partial charge in [0.25, 0.3) is 5.91 Å². The Morgan fingerprint density at radius 1 is 1.38 bits per heavy atom. The van der Waals surface area contributed by atoms with Gasteiger partial charge in [-0.15, -0.1) is 0 Å². The second kappa shape index (κ2) is 5.01. The lowest BCUT2D eigenvalue weighted by atomic mass is 10.1. The van der Waals surface area contributed by atoms with Crippen LogP contribution in [0.1, 0.15) is 36.5 Å². The summed E-state index contributed by atoms with van der Waals surface area (Å²) in [5, 5.41) is 6.28. The summed E-state index contributed by atoms with van der Waals surface area (Å²) in [6.07, 6.45) is 3.30. The molecule has 2 rings (SSSR count). The highest BCUT2D eigenvalue weighted by Gasteiger charge is 2.24. The molecule has 0 bridgehead atoms. The molecule has 0 saturated heterocycles. The molecule has 3 heteroatoms. The molecule has 86 valence electrons. The summed E-state index contributed by atoms with van der Waals surface area (Å²) < 4.78 is 0. The minimum absolute atomic E-state index is 0.0432. The zero-order valence-corrected chi connectivity index (χ0v) is 9.62. The predicted molar refractivity (Wildman–Crippen MR) is 65.7 cm³/mol. The van der Waals surface area contributed by atoms with Crippen LogP contribution in [0, 0.1) is 0 Å². The molecule has 1 aliphatic carbocycles. The molecule has 16 heavy (non-hydrogen) atoms. The first-order valence-corrected chi connectivity index (χ1v) is 5.95. The predicted octanol–water partition coefficient (Wildman–Crippen LogP) is 2.40.